The summed E-state index contributed by atoms with van der Waals surface area (Å²) in [5, 5.41) is 11.5. The van der Waals surface area contributed by atoms with Gasteiger partial charge in [0.2, 0.25) is 0 Å². The molecule has 0 aromatic heterocycles. The van der Waals surface area contributed by atoms with E-state index in [4.69, 9.17) is 14.2 Å². The molecular formula is C29H37NO6. The van der Waals surface area contributed by atoms with Crippen molar-refractivity contribution >= 4 is 17.4 Å². The molecule has 2 aromatic rings. The van der Waals surface area contributed by atoms with E-state index in [-0.39, 0.29) is 17.4 Å². The Balaban J connectivity index is 2.17. The zero-order chi connectivity index (χ0) is 26.2. The first kappa shape index (κ1) is 27.1. The zero-order valence-corrected chi connectivity index (χ0v) is 21.9. The zero-order valence-electron chi connectivity index (χ0n) is 21.9. The number of aliphatic hydroxyl groups excluding tert-OH is 1. The Morgan fingerprint density at radius 3 is 2.39 bits per heavy atom. The number of carbonyl (C=O) groups excluding carboxylic acids is 2. The molecule has 0 bridgehead atoms. The Kier molecular flexibility index (Phi) is 9.39. The fraction of sp³-hybridized carbons (Fsp3) is 0.448. The molecule has 3 rings (SSSR count). The van der Waals surface area contributed by atoms with E-state index in [1.54, 1.807) is 23.1 Å². The largest absolute Gasteiger partial charge is 0.507 e. The van der Waals surface area contributed by atoms with Crippen molar-refractivity contribution in [2.75, 3.05) is 19.8 Å². The van der Waals surface area contributed by atoms with Gasteiger partial charge in [0.1, 0.15) is 23.0 Å². The van der Waals surface area contributed by atoms with Crippen LogP contribution in [0.15, 0.2) is 48.0 Å². The molecule has 1 fully saturated rings. The van der Waals surface area contributed by atoms with Crippen molar-refractivity contribution in [3.63, 3.8) is 0 Å². The van der Waals surface area contributed by atoms with Crippen LogP contribution >= 0.6 is 0 Å². The van der Waals surface area contributed by atoms with Crippen molar-refractivity contribution < 1.29 is 28.9 Å². The first-order chi connectivity index (χ1) is 17.3. The van der Waals surface area contributed by atoms with Crippen LogP contribution in [0, 0.1) is 0 Å². The molecule has 36 heavy (non-hydrogen) atoms. The number of amides is 1. The fourth-order valence-electron chi connectivity index (χ4n) is 4.39. The number of benzene rings is 2. The summed E-state index contributed by atoms with van der Waals surface area (Å²) < 4.78 is 17.2. The van der Waals surface area contributed by atoms with E-state index in [1.807, 2.05) is 52.0 Å². The third kappa shape index (κ3) is 6.01. The van der Waals surface area contributed by atoms with Crippen molar-refractivity contribution in [2.45, 2.75) is 66.0 Å². The number of Topliss-reactive ketones (excluding diaryl/α,β-unsaturated/α-hetero) is 1. The molecule has 0 aliphatic carbocycles. The number of likely N-dealkylation sites (tertiary alicyclic amines) is 1. The molecule has 7 nitrogen and oxygen atoms in total. The minimum atomic E-state index is -0.737. The smallest absolute Gasteiger partial charge is 0.295 e. The monoisotopic (exact) mass is 495 g/mol. The summed E-state index contributed by atoms with van der Waals surface area (Å²) in [7, 11) is 0. The number of unbranched alkanes of at least 4 members (excludes halogenated alkanes) is 2. The van der Waals surface area contributed by atoms with Crippen molar-refractivity contribution in [1.82, 2.24) is 4.90 Å². The van der Waals surface area contributed by atoms with Gasteiger partial charge in [0, 0.05) is 12.6 Å². The van der Waals surface area contributed by atoms with Gasteiger partial charge in [0.15, 0.2) is 0 Å². The van der Waals surface area contributed by atoms with E-state index in [2.05, 4.69) is 6.92 Å². The maximum atomic E-state index is 13.3. The Hall–Kier alpha value is -3.48. The van der Waals surface area contributed by atoms with E-state index < -0.39 is 17.7 Å². The molecule has 1 N–H and O–H groups in total. The topological polar surface area (TPSA) is 85.3 Å². The molecule has 1 atom stereocenters. The third-order valence-electron chi connectivity index (χ3n) is 5.91. The Labute approximate surface area is 213 Å². The van der Waals surface area contributed by atoms with Crippen LogP contribution in [0.1, 0.15) is 71.0 Å². The van der Waals surface area contributed by atoms with Crippen molar-refractivity contribution in [2.24, 2.45) is 0 Å². The molecule has 1 unspecified atom stereocenters. The highest BCUT2D eigenvalue weighted by Gasteiger charge is 2.46. The van der Waals surface area contributed by atoms with Gasteiger partial charge in [-0.15, -0.1) is 0 Å². The van der Waals surface area contributed by atoms with E-state index in [9.17, 15) is 14.7 Å². The summed E-state index contributed by atoms with van der Waals surface area (Å²) in [5.74, 6) is 0.0226. The Morgan fingerprint density at radius 1 is 0.972 bits per heavy atom. The number of hydrogen-bond acceptors (Lipinski definition) is 6. The SMILES string of the molecule is CCCCCN1C(=O)C(=O)/C(=C(\O)c2ccc(OCC)cc2OCC)C1c1cccc(OC(C)C)c1. The van der Waals surface area contributed by atoms with Gasteiger partial charge >= 0.3 is 0 Å². The lowest BCUT2D eigenvalue weighted by atomic mass is 9.94. The first-order valence-electron chi connectivity index (χ1n) is 12.8. The van der Waals surface area contributed by atoms with Crippen molar-refractivity contribution in [1.29, 1.82) is 0 Å². The van der Waals surface area contributed by atoms with Gasteiger partial charge in [-0.25, -0.2) is 0 Å². The van der Waals surface area contributed by atoms with Gasteiger partial charge in [-0.05, 0) is 63.9 Å². The number of hydrogen-bond donors (Lipinski definition) is 1. The molecular weight excluding hydrogens is 458 g/mol. The van der Waals surface area contributed by atoms with E-state index >= 15 is 0 Å². The predicted octanol–water partition coefficient (Wildman–Crippen LogP) is 5.88. The normalized spacial score (nSPS) is 17.1. The lowest BCUT2D eigenvalue weighted by Gasteiger charge is -2.26. The lowest BCUT2D eigenvalue weighted by molar-refractivity contribution is -0.139. The van der Waals surface area contributed by atoms with Crippen LogP contribution < -0.4 is 14.2 Å². The van der Waals surface area contributed by atoms with Crippen LogP contribution in [-0.2, 0) is 9.59 Å². The van der Waals surface area contributed by atoms with Crippen LogP contribution in [-0.4, -0.2) is 47.6 Å². The van der Waals surface area contributed by atoms with E-state index in [0.29, 0.717) is 48.1 Å². The third-order valence-corrected chi connectivity index (χ3v) is 5.91. The minimum Gasteiger partial charge on any atom is -0.507 e. The van der Waals surface area contributed by atoms with Gasteiger partial charge < -0.3 is 24.2 Å². The lowest BCUT2D eigenvalue weighted by Crippen LogP contribution is -2.30. The molecule has 0 spiro atoms. The number of ether oxygens (including phenoxy) is 3. The molecule has 1 aliphatic rings. The van der Waals surface area contributed by atoms with Crippen LogP contribution in [0.3, 0.4) is 0 Å². The summed E-state index contributed by atoms with van der Waals surface area (Å²) >= 11 is 0. The van der Waals surface area contributed by atoms with E-state index in [1.165, 1.54) is 0 Å². The average molecular weight is 496 g/mol. The molecule has 2 aromatic carbocycles. The molecule has 0 saturated carbocycles. The molecule has 1 heterocycles. The minimum absolute atomic E-state index is 0.0335. The first-order valence-corrected chi connectivity index (χ1v) is 12.8. The van der Waals surface area contributed by atoms with Crippen LogP contribution in [0.5, 0.6) is 17.2 Å². The van der Waals surface area contributed by atoms with Gasteiger partial charge in [-0.1, -0.05) is 31.9 Å². The summed E-state index contributed by atoms with van der Waals surface area (Å²) in [6.45, 7) is 10.9. The van der Waals surface area contributed by atoms with E-state index in [0.717, 1.165) is 19.3 Å². The Bertz CT molecular complexity index is 1110. The molecule has 7 heteroatoms. The second-order valence-electron chi connectivity index (χ2n) is 8.96. The molecule has 194 valence electrons. The quantitative estimate of drug-likeness (QED) is 0.171. The highest BCUT2D eigenvalue weighted by Crippen LogP contribution is 2.42. The predicted molar refractivity (Wildman–Crippen MR) is 140 cm³/mol. The summed E-state index contributed by atoms with van der Waals surface area (Å²) in [5.41, 5.74) is 1.09. The molecule has 1 saturated heterocycles. The summed E-state index contributed by atoms with van der Waals surface area (Å²) in [6, 6.07) is 11.7. The van der Waals surface area contributed by atoms with Gasteiger partial charge in [-0.3, -0.25) is 9.59 Å². The van der Waals surface area contributed by atoms with Gasteiger partial charge in [0.25, 0.3) is 11.7 Å². The number of nitrogens with zero attached hydrogens (tertiary/aromatic N) is 1. The highest BCUT2D eigenvalue weighted by atomic mass is 16.5. The molecule has 1 aliphatic heterocycles. The van der Waals surface area contributed by atoms with Crippen molar-refractivity contribution in [3.05, 3.63) is 59.2 Å². The maximum Gasteiger partial charge on any atom is 0.295 e. The standard InChI is InChI=1S/C29H37NO6/c1-6-9-10-16-30-26(20-12-11-13-22(17-20)36-19(4)5)25(28(32)29(30)33)27(31)23-15-14-21(34-7-2)18-24(23)35-8-3/h11-15,17-19,26,31H,6-10,16H2,1-5H3/b27-25-. The maximum absolute atomic E-state index is 13.3. The number of aliphatic hydroxyl groups is 1. The average Bonchev–Trinajstić information content (AvgIpc) is 3.09. The van der Waals surface area contributed by atoms with Crippen molar-refractivity contribution in [3.8, 4) is 17.2 Å². The molecule has 1 amide bonds. The second kappa shape index (κ2) is 12.5. The van der Waals surface area contributed by atoms with Gasteiger partial charge in [0.05, 0.1) is 36.5 Å². The number of ketones is 1. The highest BCUT2D eigenvalue weighted by molar-refractivity contribution is 6.46. The molecule has 0 radical (unpaired) electrons. The van der Waals surface area contributed by atoms with Crippen LogP contribution in [0.25, 0.3) is 5.76 Å². The number of rotatable bonds is 12. The van der Waals surface area contributed by atoms with Crippen LogP contribution in [0.2, 0.25) is 0 Å². The summed E-state index contributed by atoms with van der Waals surface area (Å²) in [4.78, 5) is 28.1. The fourth-order valence-corrected chi connectivity index (χ4v) is 4.39. The van der Waals surface area contributed by atoms with Crippen LogP contribution in [0.4, 0.5) is 0 Å². The number of carbonyl (C=O) groups is 2. The second-order valence-corrected chi connectivity index (χ2v) is 8.96. The summed E-state index contributed by atoms with van der Waals surface area (Å²) in [6.07, 6.45) is 2.64. The Morgan fingerprint density at radius 2 is 1.72 bits per heavy atom. The van der Waals surface area contributed by atoms with Gasteiger partial charge in [-0.2, -0.15) is 0 Å².